The second kappa shape index (κ2) is 5.39. The summed E-state index contributed by atoms with van der Waals surface area (Å²) in [6.45, 7) is 8.58. The van der Waals surface area contributed by atoms with E-state index in [1.807, 2.05) is 18.2 Å². The van der Waals surface area contributed by atoms with Crippen molar-refractivity contribution in [2.24, 2.45) is 10.9 Å². The van der Waals surface area contributed by atoms with Crippen molar-refractivity contribution in [2.45, 2.75) is 19.8 Å². The molecule has 0 spiro atoms. The molecule has 1 fully saturated rings. The number of amides is 1. The van der Waals surface area contributed by atoms with Gasteiger partial charge in [-0.3, -0.25) is 9.79 Å². The Kier molecular flexibility index (Phi) is 3.84. The summed E-state index contributed by atoms with van der Waals surface area (Å²) < 4.78 is 0. The van der Waals surface area contributed by atoms with E-state index in [-0.39, 0.29) is 17.7 Å². The number of carbonyl (C=O) groups is 1. The monoisotopic (exact) mass is 256 g/mol. The van der Waals surface area contributed by atoms with Gasteiger partial charge in [0.05, 0.1) is 12.5 Å². The van der Waals surface area contributed by atoms with E-state index in [0.717, 1.165) is 11.3 Å². The Bertz CT molecular complexity index is 546. The highest BCUT2D eigenvalue weighted by atomic mass is 16.2. The van der Waals surface area contributed by atoms with Crippen molar-refractivity contribution in [1.82, 2.24) is 5.32 Å². The van der Waals surface area contributed by atoms with Gasteiger partial charge in [0.2, 0.25) is 5.91 Å². The van der Waals surface area contributed by atoms with Crippen LogP contribution in [0, 0.1) is 12.8 Å². The first-order valence-corrected chi connectivity index (χ1v) is 6.55. The Labute approximate surface area is 114 Å². The zero-order chi connectivity index (χ0) is 14.0. The van der Waals surface area contributed by atoms with Gasteiger partial charge in [-0.25, -0.2) is 0 Å². The lowest BCUT2D eigenvalue weighted by Crippen LogP contribution is -2.25. The molecule has 2 atom stereocenters. The lowest BCUT2D eigenvalue weighted by molar-refractivity contribution is -0.122. The van der Waals surface area contributed by atoms with Crippen molar-refractivity contribution in [3.05, 3.63) is 41.5 Å². The third kappa shape index (κ3) is 2.33. The molecule has 1 heterocycles. The Morgan fingerprint density at radius 3 is 2.89 bits per heavy atom. The average molecular weight is 256 g/mol. The van der Waals surface area contributed by atoms with Gasteiger partial charge in [-0.2, -0.15) is 0 Å². The number of aliphatic imine (C=N–C) groups is 1. The summed E-state index contributed by atoms with van der Waals surface area (Å²) in [5, 5.41) is 2.88. The van der Waals surface area contributed by atoms with E-state index in [1.165, 1.54) is 11.1 Å². The first-order chi connectivity index (χ1) is 9.10. The largest absolute Gasteiger partial charge is 0.350 e. The summed E-state index contributed by atoms with van der Waals surface area (Å²) in [6.07, 6.45) is 1.86. The quantitative estimate of drug-likeness (QED) is 0.887. The fourth-order valence-corrected chi connectivity index (χ4v) is 2.85. The maximum Gasteiger partial charge on any atom is 0.229 e. The third-order valence-corrected chi connectivity index (χ3v) is 4.00. The van der Waals surface area contributed by atoms with Crippen LogP contribution in [-0.4, -0.2) is 25.2 Å². The van der Waals surface area contributed by atoms with Gasteiger partial charge >= 0.3 is 0 Å². The van der Waals surface area contributed by atoms with Crippen molar-refractivity contribution in [2.75, 3.05) is 13.6 Å². The van der Waals surface area contributed by atoms with Crippen molar-refractivity contribution in [3.63, 3.8) is 0 Å². The number of hydrogen-bond donors (Lipinski definition) is 1. The maximum absolute atomic E-state index is 12.0. The van der Waals surface area contributed by atoms with E-state index in [4.69, 9.17) is 0 Å². The van der Waals surface area contributed by atoms with Crippen LogP contribution >= 0.6 is 0 Å². The molecule has 1 amide bonds. The molecule has 0 saturated carbocycles. The smallest absolute Gasteiger partial charge is 0.229 e. The zero-order valence-electron chi connectivity index (χ0n) is 11.7. The van der Waals surface area contributed by atoms with Gasteiger partial charge in [-0.1, -0.05) is 37.8 Å². The molecule has 0 bridgehead atoms. The Morgan fingerprint density at radius 1 is 1.53 bits per heavy atom. The molecule has 100 valence electrons. The molecule has 19 heavy (non-hydrogen) atoms. The maximum atomic E-state index is 12.0. The molecule has 1 N–H and O–H groups in total. The second-order valence-corrected chi connectivity index (χ2v) is 4.96. The summed E-state index contributed by atoms with van der Waals surface area (Å²) in [6, 6.07) is 6.15. The summed E-state index contributed by atoms with van der Waals surface area (Å²) in [4.78, 5) is 16.3. The molecular formula is C16H20N2O. The van der Waals surface area contributed by atoms with E-state index in [2.05, 4.69) is 36.8 Å². The number of carbonyl (C=O) groups excluding carboxylic acids is 1. The number of hydrogen-bond acceptors (Lipinski definition) is 2. The Morgan fingerprint density at radius 2 is 2.26 bits per heavy atom. The molecule has 1 saturated heterocycles. The summed E-state index contributed by atoms with van der Waals surface area (Å²) in [5.41, 5.74) is 4.46. The summed E-state index contributed by atoms with van der Waals surface area (Å²) in [7, 11) is 1.75. The molecule has 2 unspecified atom stereocenters. The predicted molar refractivity (Wildman–Crippen MR) is 79.5 cm³/mol. The highest BCUT2D eigenvalue weighted by Gasteiger charge is 2.36. The molecule has 3 nitrogen and oxygen atoms in total. The Hall–Kier alpha value is -1.90. The van der Waals surface area contributed by atoms with Gasteiger partial charge in [0.15, 0.2) is 0 Å². The van der Waals surface area contributed by atoms with Gasteiger partial charge in [0.25, 0.3) is 0 Å². The van der Waals surface area contributed by atoms with Crippen LogP contribution in [0.25, 0.3) is 6.08 Å². The second-order valence-electron chi connectivity index (χ2n) is 4.96. The van der Waals surface area contributed by atoms with Crippen LogP contribution in [0.15, 0.2) is 29.8 Å². The molecule has 2 rings (SSSR count). The Balaban J connectivity index is 2.42. The van der Waals surface area contributed by atoms with Crippen LogP contribution in [0.3, 0.4) is 0 Å². The van der Waals surface area contributed by atoms with Crippen molar-refractivity contribution in [1.29, 1.82) is 0 Å². The molecular weight excluding hydrogens is 236 g/mol. The number of nitrogens with one attached hydrogen (secondary N) is 1. The van der Waals surface area contributed by atoms with Gasteiger partial charge < -0.3 is 5.32 Å². The van der Waals surface area contributed by atoms with Crippen LogP contribution in [0.2, 0.25) is 0 Å². The van der Waals surface area contributed by atoms with E-state index in [9.17, 15) is 4.79 Å². The lowest BCUT2D eigenvalue weighted by Gasteiger charge is -2.21. The third-order valence-electron chi connectivity index (χ3n) is 4.00. The molecule has 0 radical (unpaired) electrons. The van der Waals surface area contributed by atoms with Gasteiger partial charge in [-0.15, -0.1) is 0 Å². The highest BCUT2D eigenvalue weighted by Crippen LogP contribution is 2.31. The van der Waals surface area contributed by atoms with Crippen LogP contribution in [0.4, 0.5) is 0 Å². The first kappa shape index (κ1) is 13.5. The highest BCUT2D eigenvalue weighted by molar-refractivity contribution is 6.11. The van der Waals surface area contributed by atoms with E-state index in [1.54, 1.807) is 7.05 Å². The van der Waals surface area contributed by atoms with Crippen LogP contribution in [0.1, 0.15) is 29.5 Å². The van der Waals surface area contributed by atoms with Gasteiger partial charge in [-0.05, 0) is 29.5 Å². The minimum atomic E-state index is -0.149. The van der Waals surface area contributed by atoms with E-state index in [0.29, 0.717) is 6.54 Å². The molecule has 1 aliphatic heterocycles. The fourth-order valence-electron chi connectivity index (χ4n) is 2.85. The topological polar surface area (TPSA) is 41.5 Å². The van der Waals surface area contributed by atoms with Crippen LogP contribution in [0.5, 0.6) is 0 Å². The van der Waals surface area contributed by atoms with Gasteiger partial charge in [0.1, 0.15) is 0 Å². The molecule has 1 aromatic rings. The van der Waals surface area contributed by atoms with Crippen molar-refractivity contribution < 1.29 is 4.79 Å². The number of benzene rings is 1. The molecule has 1 aromatic carbocycles. The van der Waals surface area contributed by atoms with Gasteiger partial charge in [0, 0.05) is 12.8 Å². The number of nitrogens with zero attached hydrogens (tertiary/aromatic N) is 1. The van der Waals surface area contributed by atoms with Crippen molar-refractivity contribution >= 4 is 17.7 Å². The minimum Gasteiger partial charge on any atom is -0.350 e. The predicted octanol–water partition coefficient (Wildman–Crippen LogP) is 2.56. The normalized spacial score (nSPS) is 22.4. The van der Waals surface area contributed by atoms with Crippen molar-refractivity contribution in [3.8, 4) is 0 Å². The summed E-state index contributed by atoms with van der Waals surface area (Å²) in [5.74, 6) is 0.0568. The van der Waals surface area contributed by atoms with E-state index >= 15 is 0 Å². The van der Waals surface area contributed by atoms with Crippen LogP contribution < -0.4 is 5.32 Å². The molecule has 0 aliphatic carbocycles. The zero-order valence-corrected chi connectivity index (χ0v) is 11.7. The number of rotatable bonds is 3. The molecule has 0 aromatic heterocycles. The standard InChI is InChI=1S/C16H20N2O/c1-5-12-7-6-8-13(10(12)2)11(3)15-14(17-4)9-18-16(15)19/h5-8,11,15H,1,9H2,2-4H3,(H,18,19). The fraction of sp³-hybridized carbons (Fsp3) is 0.375. The van der Waals surface area contributed by atoms with E-state index < -0.39 is 0 Å². The molecule has 3 heteroatoms. The summed E-state index contributed by atoms with van der Waals surface area (Å²) >= 11 is 0. The minimum absolute atomic E-state index is 0.0801. The first-order valence-electron chi connectivity index (χ1n) is 6.55. The van der Waals surface area contributed by atoms with Crippen LogP contribution in [-0.2, 0) is 4.79 Å². The average Bonchev–Trinajstić information content (AvgIpc) is 2.79. The SMILES string of the molecule is C=Cc1cccc(C(C)C2C(=O)NCC2=NC)c1C. The molecule has 1 aliphatic rings. The lowest BCUT2D eigenvalue weighted by atomic mass is 9.82.